The Labute approximate surface area is 84.4 Å². The number of nitrogens with one attached hydrogen (secondary N) is 1. The van der Waals surface area contributed by atoms with Gasteiger partial charge in [-0.1, -0.05) is 6.92 Å². The Balaban J connectivity index is 3.62. The molecule has 1 atom stereocenters. The molecule has 0 amide bonds. The molecule has 0 aromatic carbocycles. The minimum atomic E-state index is -2.93. The average molecular weight is 223 g/mol. The quantitative estimate of drug-likeness (QED) is 0.588. The zero-order valence-electron chi connectivity index (χ0n) is 8.49. The third kappa shape index (κ3) is 5.93. The molecule has 0 saturated heterocycles. The van der Waals surface area contributed by atoms with Crippen molar-refractivity contribution in [2.24, 2.45) is 0 Å². The summed E-state index contributed by atoms with van der Waals surface area (Å²) in [6.45, 7) is 3.53. The zero-order chi connectivity index (χ0) is 11.2. The molecule has 5 nitrogen and oxygen atoms in total. The van der Waals surface area contributed by atoms with Gasteiger partial charge in [0.05, 0.1) is 5.75 Å². The highest BCUT2D eigenvalue weighted by molar-refractivity contribution is 7.91. The molecule has 0 radical (unpaired) electrons. The molecule has 0 aliphatic heterocycles. The monoisotopic (exact) mass is 223 g/mol. The Morgan fingerprint density at radius 3 is 2.50 bits per heavy atom. The SMILES string of the molecule is CCS(=O)(=O)CCCNC(C)C(=O)O. The lowest BCUT2D eigenvalue weighted by Gasteiger charge is -2.08. The van der Waals surface area contributed by atoms with E-state index in [1.807, 2.05) is 0 Å². The van der Waals surface area contributed by atoms with Crippen LogP contribution in [-0.2, 0) is 14.6 Å². The fourth-order valence-corrected chi connectivity index (χ4v) is 1.72. The molecular weight excluding hydrogens is 206 g/mol. The summed E-state index contributed by atoms with van der Waals surface area (Å²) >= 11 is 0. The van der Waals surface area contributed by atoms with Crippen molar-refractivity contribution >= 4 is 15.8 Å². The number of carboxylic acid groups (broad SMARTS) is 1. The molecule has 0 heterocycles. The molecular formula is C8H17NO4S. The largest absolute Gasteiger partial charge is 0.480 e. The maximum Gasteiger partial charge on any atom is 0.320 e. The number of carboxylic acids is 1. The van der Waals surface area contributed by atoms with Crippen molar-refractivity contribution in [3.63, 3.8) is 0 Å². The van der Waals surface area contributed by atoms with Crippen LogP contribution in [0.1, 0.15) is 20.3 Å². The van der Waals surface area contributed by atoms with Gasteiger partial charge in [0.15, 0.2) is 0 Å². The third-order valence-electron chi connectivity index (χ3n) is 1.89. The fraction of sp³-hybridized carbons (Fsp3) is 0.875. The summed E-state index contributed by atoms with van der Waals surface area (Å²) in [7, 11) is -2.93. The number of sulfone groups is 1. The van der Waals surface area contributed by atoms with Crippen molar-refractivity contribution in [1.29, 1.82) is 0 Å². The van der Waals surface area contributed by atoms with Crippen molar-refractivity contribution in [2.45, 2.75) is 26.3 Å². The van der Waals surface area contributed by atoms with Gasteiger partial charge in [0.1, 0.15) is 15.9 Å². The highest BCUT2D eigenvalue weighted by Crippen LogP contribution is 1.92. The second kappa shape index (κ2) is 5.98. The molecule has 6 heteroatoms. The standard InChI is InChI=1S/C8H17NO4S/c1-3-14(12,13)6-4-5-9-7(2)8(10)11/h7,9H,3-6H2,1-2H3,(H,10,11). The van der Waals surface area contributed by atoms with Gasteiger partial charge in [0.2, 0.25) is 0 Å². The Bertz CT molecular complexity index is 273. The predicted octanol–water partition coefficient (Wildman–Crippen LogP) is -0.126. The van der Waals surface area contributed by atoms with E-state index in [1.54, 1.807) is 6.92 Å². The van der Waals surface area contributed by atoms with E-state index in [-0.39, 0.29) is 11.5 Å². The maximum atomic E-state index is 11.0. The summed E-state index contributed by atoms with van der Waals surface area (Å²) in [5.74, 6) is -0.673. The van der Waals surface area contributed by atoms with Gasteiger partial charge in [-0.25, -0.2) is 8.42 Å². The van der Waals surface area contributed by atoms with Crippen LogP contribution in [0.2, 0.25) is 0 Å². The van der Waals surface area contributed by atoms with E-state index in [0.717, 1.165) is 0 Å². The molecule has 0 aliphatic rings. The van der Waals surface area contributed by atoms with Crippen molar-refractivity contribution in [2.75, 3.05) is 18.1 Å². The number of aliphatic carboxylic acids is 1. The molecule has 0 aromatic heterocycles. The van der Waals surface area contributed by atoms with Crippen molar-refractivity contribution < 1.29 is 18.3 Å². The Morgan fingerprint density at radius 1 is 1.50 bits per heavy atom. The molecule has 0 aliphatic carbocycles. The van der Waals surface area contributed by atoms with Crippen LogP contribution in [0, 0.1) is 0 Å². The van der Waals surface area contributed by atoms with E-state index >= 15 is 0 Å². The third-order valence-corrected chi connectivity index (χ3v) is 3.68. The summed E-state index contributed by atoms with van der Waals surface area (Å²) in [6, 6.07) is -0.626. The van der Waals surface area contributed by atoms with E-state index in [9.17, 15) is 13.2 Å². The lowest BCUT2D eigenvalue weighted by atomic mass is 10.3. The molecule has 0 rings (SSSR count). The normalized spacial score (nSPS) is 13.9. The molecule has 0 bridgehead atoms. The summed E-state index contributed by atoms with van der Waals surface area (Å²) in [5, 5.41) is 11.2. The summed E-state index contributed by atoms with van der Waals surface area (Å²) in [6.07, 6.45) is 0.452. The topological polar surface area (TPSA) is 83.5 Å². The molecule has 2 N–H and O–H groups in total. The maximum absolute atomic E-state index is 11.0. The highest BCUT2D eigenvalue weighted by atomic mass is 32.2. The van der Waals surface area contributed by atoms with Gasteiger partial charge in [-0.2, -0.15) is 0 Å². The minimum absolute atomic E-state index is 0.114. The van der Waals surface area contributed by atoms with Crippen molar-refractivity contribution in [1.82, 2.24) is 5.32 Å². The molecule has 0 spiro atoms. The smallest absolute Gasteiger partial charge is 0.320 e. The Morgan fingerprint density at radius 2 is 2.07 bits per heavy atom. The van der Waals surface area contributed by atoms with Gasteiger partial charge in [-0.05, 0) is 19.9 Å². The highest BCUT2D eigenvalue weighted by Gasteiger charge is 2.10. The zero-order valence-corrected chi connectivity index (χ0v) is 9.30. The van der Waals surface area contributed by atoms with E-state index in [0.29, 0.717) is 13.0 Å². The Kier molecular flexibility index (Phi) is 5.71. The van der Waals surface area contributed by atoms with Crippen LogP contribution < -0.4 is 5.32 Å². The lowest BCUT2D eigenvalue weighted by molar-refractivity contribution is -0.138. The van der Waals surface area contributed by atoms with Crippen LogP contribution >= 0.6 is 0 Å². The van der Waals surface area contributed by atoms with Gasteiger partial charge < -0.3 is 10.4 Å². The molecule has 84 valence electrons. The van der Waals surface area contributed by atoms with Crippen LogP contribution in [0.3, 0.4) is 0 Å². The number of hydrogen-bond acceptors (Lipinski definition) is 4. The van der Waals surface area contributed by atoms with Gasteiger partial charge in [-0.3, -0.25) is 4.79 Å². The molecule has 14 heavy (non-hydrogen) atoms. The Hall–Kier alpha value is -0.620. The van der Waals surface area contributed by atoms with Gasteiger partial charge in [0, 0.05) is 5.75 Å². The van der Waals surface area contributed by atoms with Gasteiger partial charge in [0.25, 0.3) is 0 Å². The van der Waals surface area contributed by atoms with Crippen LogP contribution in [-0.4, -0.2) is 43.6 Å². The predicted molar refractivity (Wildman–Crippen MR) is 54.0 cm³/mol. The van der Waals surface area contributed by atoms with E-state index < -0.39 is 21.8 Å². The van der Waals surface area contributed by atoms with Crippen LogP contribution in [0.25, 0.3) is 0 Å². The molecule has 0 saturated carbocycles. The van der Waals surface area contributed by atoms with Crippen LogP contribution in [0.15, 0.2) is 0 Å². The summed E-state index contributed by atoms with van der Waals surface area (Å²) in [5.41, 5.74) is 0. The number of hydrogen-bond donors (Lipinski definition) is 2. The van der Waals surface area contributed by atoms with Crippen LogP contribution in [0.5, 0.6) is 0 Å². The van der Waals surface area contributed by atoms with Crippen molar-refractivity contribution in [3.05, 3.63) is 0 Å². The first kappa shape index (κ1) is 13.4. The minimum Gasteiger partial charge on any atom is -0.480 e. The molecule has 0 fully saturated rings. The van der Waals surface area contributed by atoms with Crippen molar-refractivity contribution in [3.8, 4) is 0 Å². The summed E-state index contributed by atoms with van der Waals surface area (Å²) in [4.78, 5) is 10.4. The number of carbonyl (C=O) groups is 1. The van der Waals surface area contributed by atoms with E-state index in [1.165, 1.54) is 6.92 Å². The fourth-order valence-electron chi connectivity index (χ4n) is 0.842. The van der Waals surface area contributed by atoms with Crippen LogP contribution in [0.4, 0.5) is 0 Å². The first-order valence-corrected chi connectivity index (χ1v) is 6.38. The first-order valence-electron chi connectivity index (χ1n) is 4.55. The second-order valence-corrected chi connectivity index (χ2v) is 5.58. The number of rotatable bonds is 7. The average Bonchev–Trinajstić information content (AvgIpc) is 2.12. The molecule has 0 aromatic rings. The summed E-state index contributed by atoms with van der Waals surface area (Å²) < 4.78 is 22.1. The van der Waals surface area contributed by atoms with Gasteiger partial charge in [-0.15, -0.1) is 0 Å². The van der Waals surface area contributed by atoms with Gasteiger partial charge >= 0.3 is 5.97 Å². The molecule has 1 unspecified atom stereocenters. The lowest BCUT2D eigenvalue weighted by Crippen LogP contribution is -2.34. The first-order chi connectivity index (χ1) is 6.39. The van der Waals surface area contributed by atoms with E-state index in [4.69, 9.17) is 5.11 Å². The van der Waals surface area contributed by atoms with E-state index in [2.05, 4.69) is 5.32 Å². The second-order valence-electron chi connectivity index (χ2n) is 3.10.